The number of sulfonamides is 1. The van der Waals surface area contributed by atoms with E-state index in [-0.39, 0.29) is 22.0 Å². The Morgan fingerprint density at radius 1 is 1.08 bits per heavy atom. The third-order valence-corrected chi connectivity index (χ3v) is 4.98. The smallest absolute Gasteiger partial charge is 0.269 e. The zero-order valence-electron chi connectivity index (χ0n) is 13.5. The van der Waals surface area contributed by atoms with Crippen molar-refractivity contribution in [1.29, 1.82) is 0 Å². The minimum absolute atomic E-state index is 0.0641. The SMILES string of the molecule is CC(=O)C1=CC(=O)N(c2ccc(S(=O)(=O)Nc3ccccn3)cc2)C1=O. The van der Waals surface area contributed by atoms with Crippen molar-refractivity contribution in [3.63, 3.8) is 0 Å². The molecule has 0 aliphatic carbocycles. The van der Waals surface area contributed by atoms with Crippen LogP contribution in [0.2, 0.25) is 0 Å². The topological polar surface area (TPSA) is 114 Å². The Hall–Kier alpha value is -3.33. The van der Waals surface area contributed by atoms with Crippen LogP contribution in [0, 0.1) is 0 Å². The van der Waals surface area contributed by atoms with E-state index in [0.717, 1.165) is 11.0 Å². The molecule has 1 aliphatic heterocycles. The monoisotopic (exact) mass is 371 g/mol. The summed E-state index contributed by atoms with van der Waals surface area (Å²) in [5, 5.41) is 0. The number of anilines is 2. The van der Waals surface area contributed by atoms with Crippen molar-refractivity contribution in [3.05, 3.63) is 60.3 Å². The Morgan fingerprint density at radius 3 is 2.31 bits per heavy atom. The second-order valence-electron chi connectivity index (χ2n) is 5.41. The third-order valence-electron chi connectivity index (χ3n) is 3.61. The van der Waals surface area contributed by atoms with Crippen LogP contribution in [-0.2, 0) is 24.4 Å². The minimum atomic E-state index is -3.87. The van der Waals surface area contributed by atoms with Crippen molar-refractivity contribution in [1.82, 2.24) is 4.98 Å². The molecule has 2 amide bonds. The molecule has 2 aromatic rings. The van der Waals surface area contributed by atoms with Crippen LogP contribution in [0.4, 0.5) is 11.5 Å². The van der Waals surface area contributed by atoms with E-state index in [9.17, 15) is 22.8 Å². The zero-order chi connectivity index (χ0) is 18.9. The van der Waals surface area contributed by atoms with Gasteiger partial charge < -0.3 is 0 Å². The minimum Gasteiger partial charge on any atom is -0.294 e. The highest BCUT2D eigenvalue weighted by Gasteiger charge is 2.34. The van der Waals surface area contributed by atoms with Gasteiger partial charge in [0.1, 0.15) is 5.82 Å². The number of nitrogens with zero attached hydrogens (tertiary/aromatic N) is 2. The predicted molar refractivity (Wildman–Crippen MR) is 92.7 cm³/mol. The average molecular weight is 371 g/mol. The summed E-state index contributed by atoms with van der Waals surface area (Å²) in [5.74, 6) is -1.73. The number of aromatic nitrogens is 1. The lowest BCUT2D eigenvalue weighted by molar-refractivity contribution is -0.121. The van der Waals surface area contributed by atoms with Crippen molar-refractivity contribution >= 4 is 39.1 Å². The highest BCUT2D eigenvalue weighted by Crippen LogP contribution is 2.25. The number of rotatable bonds is 5. The predicted octanol–water partition coefficient (Wildman–Crippen LogP) is 1.27. The molecule has 0 atom stereocenters. The van der Waals surface area contributed by atoms with Gasteiger partial charge in [0.15, 0.2) is 5.78 Å². The number of nitrogens with one attached hydrogen (secondary N) is 1. The van der Waals surface area contributed by atoms with Crippen molar-refractivity contribution in [2.75, 3.05) is 9.62 Å². The first-order valence-corrected chi connectivity index (χ1v) is 8.93. The van der Waals surface area contributed by atoms with Gasteiger partial charge in [0.25, 0.3) is 21.8 Å². The standard InChI is InChI=1S/C17H13N3O5S/c1-11(21)14-10-16(22)20(17(14)23)12-5-7-13(8-6-12)26(24,25)19-15-4-2-3-9-18-15/h2-10H,1H3,(H,18,19). The maximum Gasteiger partial charge on any atom is 0.269 e. The van der Waals surface area contributed by atoms with Gasteiger partial charge in [0.2, 0.25) is 0 Å². The first-order valence-electron chi connectivity index (χ1n) is 7.44. The lowest BCUT2D eigenvalue weighted by atomic mass is 10.2. The number of ketones is 1. The summed E-state index contributed by atoms with van der Waals surface area (Å²) in [4.78, 5) is 40.1. The third kappa shape index (κ3) is 3.24. The van der Waals surface area contributed by atoms with E-state index in [1.54, 1.807) is 12.1 Å². The Labute approximate surface area is 149 Å². The molecule has 0 unspecified atom stereocenters. The number of carbonyl (C=O) groups is 3. The Morgan fingerprint density at radius 2 is 1.77 bits per heavy atom. The number of benzene rings is 1. The van der Waals surface area contributed by atoms with Crippen LogP contribution >= 0.6 is 0 Å². The lowest BCUT2D eigenvalue weighted by Gasteiger charge is -2.15. The van der Waals surface area contributed by atoms with Gasteiger partial charge in [0.05, 0.1) is 16.2 Å². The molecule has 2 heterocycles. The van der Waals surface area contributed by atoms with Gasteiger partial charge in [-0.05, 0) is 43.3 Å². The molecule has 132 valence electrons. The first kappa shape index (κ1) is 17.5. The molecule has 8 nitrogen and oxygen atoms in total. The quantitative estimate of drug-likeness (QED) is 0.625. The molecule has 1 aliphatic rings. The van der Waals surface area contributed by atoms with Crippen LogP contribution in [0.5, 0.6) is 0 Å². The van der Waals surface area contributed by atoms with E-state index in [4.69, 9.17) is 0 Å². The van der Waals surface area contributed by atoms with Crippen LogP contribution < -0.4 is 9.62 Å². The summed E-state index contributed by atoms with van der Waals surface area (Å²) < 4.78 is 27.0. The van der Waals surface area contributed by atoms with E-state index in [2.05, 4.69) is 9.71 Å². The highest BCUT2D eigenvalue weighted by molar-refractivity contribution is 7.92. The average Bonchev–Trinajstić information content (AvgIpc) is 2.90. The number of amides is 2. The normalized spacial score (nSPS) is 14.3. The van der Waals surface area contributed by atoms with Gasteiger partial charge in [-0.2, -0.15) is 0 Å². The number of hydrogen-bond acceptors (Lipinski definition) is 6. The Kier molecular flexibility index (Phi) is 4.39. The van der Waals surface area contributed by atoms with Gasteiger partial charge in [-0.15, -0.1) is 0 Å². The molecule has 0 fully saturated rings. The summed E-state index contributed by atoms with van der Waals surface area (Å²) >= 11 is 0. The number of pyridine rings is 1. The van der Waals surface area contributed by atoms with Crippen molar-refractivity contribution in [2.45, 2.75) is 11.8 Å². The Bertz CT molecular complexity index is 1030. The van der Waals surface area contributed by atoms with Gasteiger partial charge in [-0.25, -0.2) is 18.3 Å². The van der Waals surface area contributed by atoms with Crippen molar-refractivity contribution in [2.24, 2.45) is 0 Å². The summed E-state index contributed by atoms with van der Waals surface area (Å²) in [6, 6.07) is 9.94. The van der Waals surface area contributed by atoms with Crippen LogP contribution in [-0.4, -0.2) is 31.0 Å². The van der Waals surface area contributed by atoms with Crippen LogP contribution in [0.15, 0.2) is 65.2 Å². The van der Waals surface area contributed by atoms with Crippen molar-refractivity contribution < 1.29 is 22.8 Å². The summed E-state index contributed by atoms with van der Waals surface area (Å²) in [6.07, 6.45) is 2.42. The molecule has 0 spiro atoms. The molecule has 0 bridgehead atoms. The molecule has 0 radical (unpaired) electrons. The maximum atomic E-state index is 12.4. The molecule has 1 aromatic carbocycles. The molecular weight excluding hydrogens is 358 g/mol. The molecule has 0 saturated heterocycles. The van der Waals surface area contributed by atoms with E-state index >= 15 is 0 Å². The van der Waals surface area contributed by atoms with Crippen LogP contribution in [0.25, 0.3) is 0 Å². The van der Waals surface area contributed by atoms with E-state index in [1.807, 2.05) is 0 Å². The fourth-order valence-corrected chi connectivity index (χ4v) is 3.37. The fraction of sp³-hybridized carbons (Fsp3) is 0.0588. The second kappa shape index (κ2) is 6.52. The second-order valence-corrected chi connectivity index (χ2v) is 7.09. The fourth-order valence-electron chi connectivity index (χ4n) is 2.36. The number of carbonyl (C=O) groups excluding carboxylic acids is 3. The maximum absolute atomic E-state index is 12.4. The summed E-state index contributed by atoms with van der Waals surface area (Å²) in [5.41, 5.74) is -0.0344. The van der Waals surface area contributed by atoms with Gasteiger partial charge in [-0.1, -0.05) is 6.07 Å². The number of Topliss-reactive ketones (excluding diaryl/α,β-unsaturated/α-hetero) is 1. The van der Waals surface area contributed by atoms with E-state index < -0.39 is 27.6 Å². The first-order chi connectivity index (χ1) is 12.3. The van der Waals surface area contributed by atoms with E-state index in [1.165, 1.54) is 43.5 Å². The lowest BCUT2D eigenvalue weighted by Crippen LogP contribution is -2.31. The van der Waals surface area contributed by atoms with Gasteiger partial charge in [0, 0.05) is 12.3 Å². The molecule has 26 heavy (non-hydrogen) atoms. The molecule has 3 rings (SSSR count). The van der Waals surface area contributed by atoms with Gasteiger partial charge in [-0.3, -0.25) is 19.1 Å². The molecule has 1 N–H and O–H groups in total. The summed E-state index contributed by atoms with van der Waals surface area (Å²) in [7, 11) is -3.87. The van der Waals surface area contributed by atoms with Crippen LogP contribution in [0.1, 0.15) is 6.92 Å². The van der Waals surface area contributed by atoms with E-state index in [0.29, 0.717) is 0 Å². The highest BCUT2D eigenvalue weighted by atomic mass is 32.2. The molecular formula is C17H13N3O5S. The summed E-state index contributed by atoms with van der Waals surface area (Å²) in [6.45, 7) is 1.19. The zero-order valence-corrected chi connectivity index (χ0v) is 14.4. The number of imide groups is 1. The Balaban J connectivity index is 1.84. The molecule has 0 saturated carbocycles. The molecule has 9 heteroatoms. The van der Waals surface area contributed by atoms with Crippen LogP contribution in [0.3, 0.4) is 0 Å². The van der Waals surface area contributed by atoms with Gasteiger partial charge >= 0.3 is 0 Å². The number of hydrogen-bond donors (Lipinski definition) is 1. The molecule has 1 aromatic heterocycles. The van der Waals surface area contributed by atoms with Crippen molar-refractivity contribution in [3.8, 4) is 0 Å². The largest absolute Gasteiger partial charge is 0.294 e.